The number of hydrogen-bond acceptors (Lipinski definition) is 5. The maximum absolute atomic E-state index is 12.0. The Morgan fingerprint density at radius 1 is 1.23 bits per heavy atom. The summed E-state index contributed by atoms with van der Waals surface area (Å²) >= 11 is 0. The van der Waals surface area contributed by atoms with E-state index in [1.807, 2.05) is 36.4 Å². The van der Waals surface area contributed by atoms with Crippen LogP contribution in [0.25, 0.3) is 0 Å². The normalized spacial score (nSPS) is 14.5. The average molecular weight is 351 g/mol. The summed E-state index contributed by atoms with van der Waals surface area (Å²) in [5.74, 6) is 0. The van der Waals surface area contributed by atoms with Crippen LogP contribution in [0.5, 0.6) is 0 Å². The standard InChI is InChI=1S/C20H21N3O3/c21-13-16-12-17(6-7-19(16)23-10-8-18(24)9-11-23)22-20(25)26-14-15-4-2-1-3-5-15/h1-7,12,18,24H,8-11,14H2,(H,22,25). The van der Waals surface area contributed by atoms with Gasteiger partial charge in [-0.25, -0.2) is 4.79 Å². The van der Waals surface area contributed by atoms with E-state index in [2.05, 4.69) is 16.3 Å². The molecule has 0 spiro atoms. The number of ether oxygens (including phenoxy) is 1. The van der Waals surface area contributed by atoms with E-state index >= 15 is 0 Å². The number of nitrogens with zero attached hydrogens (tertiary/aromatic N) is 2. The lowest BCUT2D eigenvalue weighted by Crippen LogP contribution is -2.36. The Morgan fingerprint density at radius 3 is 2.65 bits per heavy atom. The van der Waals surface area contributed by atoms with Crippen molar-refractivity contribution in [3.05, 3.63) is 59.7 Å². The lowest BCUT2D eigenvalue weighted by atomic mass is 10.1. The molecule has 1 fully saturated rings. The van der Waals surface area contributed by atoms with Crippen molar-refractivity contribution < 1.29 is 14.6 Å². The van der Waals surface area contributed by atoms with E-state index in [0.29, 0.717) is 37.2 Å². The lowest BCUT2D eigenvalue weighted by molar-refractivity contribution is 0.145. The largest absolute Gasteiger partial charge is 0.444 e. The van der Waals surface area contributed by atoms with Crippen molar-refractivity contribution in [2.24, 2.45) is 0 Å². The Morgan fingerprint density at radius 2 is 1.96 bits per heavy atom. The van der Waals surface area contributed by atoms with Gasteiger partial charge in [0.05, 0.1) is 17.4 Å². The van der Waals surface area contributed by atoms with Gasteiger partial charge in [-0.2, -0.15) is 5.26 Å². The minimum absolute atomic E-state index is 0.186. The van der Waals surface area contributed by atoms with Crippen LogP contribution < -0.4 is 10.2 Å². The zero-order chi connectivity index (χ0) is 18.4. The van der Waals surface area contributed by atoms with Gasteiger partial charge in [0.15, 0.2) is 0 Å². The van der Waals surface area contributed by atoms with E-state index in [0.717, 1.165) is 11.3 Å². The third-order valence-electron chi connectivity index (χ3n) is 4.38. The molecule has 6 nitrogen and oxygen atoms in total. The number of nitriles is 1. The van der Waals surface area contributed by atoms with Crippen LogP contribution in [0, 0.1) is 11.3 Å². The monoisotopic (exact) mass is 351 g/mol. The fourth-order valence-corrected chi connectivity index (χ4v) is 2.96. The van der Waals surface area contributed by atoms with E-state index in [4.69, 9.17) is 4.74 Å². The molecule has 1 heterocycles. The first-order valence-electron chi connectivity index (χ1n) is 8.60. The third kappa shape index (κ3) is 4.52. The highest BCUT2D eigenvalue weighted by Gasteiger charge is 2.19. The molecule has 0 saturated carbocycles. The van der Waals surface area contributed by atoms with E-state index in [9.17, 15) is 15.2 Å². The zero-order valence-electron chi connectivity index (χ0n) is 14.4. The molecule has 3 rings (SSSR count). The summed E-state index contributed by atoms with van der Waals surface area (Å²) in [6.07, 6.45) is 0.552. The predicted octanol–water partition coefficient (Wildman–Crippen LogP) is 3.27. The van der Waals surface area contributed by atoms with Gasteiger partial charge < -0.3 is 14.7 Å². The van der Waals surface area contributed by atoms with Crippen LogP contribution in [0.2, 0.25) is 0 Å². The zero-order valence-corrected chi connectivity index (χ0v) is 14.4. The first kappa shape index (κ1) is 17.8. The molecule has 1 aliphatic rings. The summed E-state index contributed by atoms with van der Waals surface area (Å²) in [4.78, 5) is 14.0. The Labute approximate surface area is 152 Å². The molecule has 1 amide bonds. The number of anilines is 2. The number of nitrogens with one attached hydrogen (secondary N) is 1. The second kappa shape index (κ2) is 8.37. The van der Waals surface area contributed by atoms with Gasteiger partial charge in [-0.3, -0.25) is 5.32 Å². The van der Waals surface area contributed by atoms with Gasteiger partial charge in [0.25, 0.3) is 0 Å². The van der Waals surface area contributed by atoms with Gasteiger partial charge in [-0.1, -0.05) is 30.3 Å². The molecule has 2 N–H and O–H groups in total. The van der Waals surface area contributed by atoms with Crippen molar-refractivity contribution in [3.63, 3.8) is 0 Å². The Bertz CT molecular complexity index is 794. The second-order valence-electron chi connectivity index (χ2n) is 6.25. The minimum atomic E-state index is -0.563. The van der Waals surface area contributed by atoms with Crippen LogP contribution in [0.4, 0.5) is 16.2 Å². The molecule has 0 aliphatic carbocycles. The van der Waals surface area contributed by atoms with Crippen molar-refractivity contribution in [2.45, 2.75) is 25.6 Å². The van der Waals surface area contributed by atoms with Crippen LogP contribution in [-0.4, -0.2) is 30.4 Å². The van der Waals surface area contributed by atoms with Crippen LogP contribution >= 0.6 is 0 Å². The molecule has 134 valence electrons. The van der Waals surface area contributed by atoms with E-state index in [1.165, 1.54) is 0 Å². The maximum Gasteiger partial charge on any atom is 0.411 e. The summed E-state index contributed by atoms with van der Waals surface area (Å²) in [6.45, 7) is 1.61. The number of aliphatic hydroxyl groups excluding tert-OH is 1. The average Bonchev–Trinajstić information content (AvgIpc) is 2.68. The fraction of sp³-hybridized carbons (Fsp3) is 0.300. The predicted molar refractivity (Wildman–Crippen MR) is 98.9 cm³/mol. The highest BCUT2D eigenvalue weighted by Crippen LogP contribution is 2.26. The van der Waals surface area contributed by atoms with Gasteiger partial charge in [0, 0.05) is 18.8 Å². The number of carbonyl (C=O) groups excluding carboxylic acids is 1. The SMILES string of the molecule is N#Cc1cc(NC(=O)OCc2ccccc2)ccc1N1CCC(O)CC1. The number of amides is 1. The highest BCUT2D eigenvalue weighted by atomic mass is 16.5. The molecule has 1 aliphatic heterocycles. The molecule has 0 bridgehead atoms. The van der Waals surface area contributed by atoms with Crippen molar-refractivity contribution in [3.8, 4) is 6.07 Å². The number of piperidine rings is 1. The third-order valence-corrected chi connectivity index (χ3v) is 4.38. The van der Waals surface area contributed by atoms with Crippen molar-refractivity contribution in [1.82, 2.24) is 0 Å². The summed E-state index contributed by atoms with van der Waals surface area (Å²) < 4.78 is 5.19. The van der Waals surface area contributed by atoms with Crippen molar-refractivity contribution in [1.29, 1.82) is 5.26 Å². The van der Waals surface area contributed by atoms with E-state index in [-0.39, 0.29) is 12.7 Å². The number of rotatable bonds is 4. The topological polar surface area (TPSA) is 85.6 Å². The van der Waals surface area contributed by atoms with E-state index < -0.39 is 6.09 Å². The second-order valence-corrected chi connectivity index (χ2v) is 6.25. The first-order chi connectivity index (χ1) is 12.7. The van der Waals surface area contributed by atoms with Crippen molar-refractivity contribution in [2.75, 3.05) is 23.3 Å². The smallest absolute Gasteiger partial charge is 0.411 e. The van der Waals surface area contributed by atoms with Crippen molar-refractivity contribution >= 4 is 17.5 Å². The molecule has 0 radical (unpaired) electrons. The molecule has 6 heteroatoms. The molecule has 26 heavy (non-hydrogen) atoms. The quantitative estimate of drug-likeness (QED) is 0.883. The number of aliphatic hydroxyl groups is 1. The first-order valence-corrected chi connectivity index (χ1v) is 8.60. The summed E-state index contributed by atoms with van der Waals surface area (Å²) in [5.41, 5.74) is 2.73. The van der Waals surface area contributed by atoms with Crippen LogP contribution in [0.3, 0.4) is 0 Å². The molecular weight excluding hydrogens is 330 g/mol. The summed E-state index contributed by atoms with van der Waals surface area (Å²) in [6, 6.07) is 16.8. The van der Waals surface area contributed by atoms with Gasteiger partial charge >= 0.3 is 6.09 Å². The number of carbonyl (C=O) groups is 1. The van der Waals surface area contributed by atoms with E-state index in [1.54, 1.807) is 12.1 Å². The number of hydrogen-bond donors (Lipinski definition) is 2. The minimum Gasteiger partial charge on any atom is -0.444 e. The van der Waals surface area contributed by atoms with Gasteiger partial charge in [0.1, 0.15) is 12.7 Å². The fourth-order valence-electron chi connectivity index (χ4n) is 2.96. The van der Waals surface area contributed by atoms with Gasteiger partial charge in [0.2, 0.25) is 0 Å². The maximum atomic E-state index is 12.0. The summed E-state index contributed by atoms with van der Waals surface area (Å²) in [7, 11) is 0. The van der Waals surface area contributed by atoms with Gasteiger partial charge in [-0.15, -0.1) is 0 Å². The molecule has 1 saturated heterocycles. The molecule has 0 unspecified atom stereocenters. The Balaban J connectivity index is 1.62. The molecular formula is C20H21N3O3. The molecule has 2 aromatic carbocycles. The summed E-state index contributed by atoms with van der Waals surface area (Å²) in [5, 5.41) is 21.7. The Kier molecular flexibility index (Phi) is 5.72. The molecule has 0 aromatic heterocycles. The highest BCUT2D eigenvalue weighted by molar-refractivity contribution is 5.85. The molecule has 0 atom stereocenters. The van der Waals surface area contributed by atoms with Crippen LogP contribution in [-0.2, 0) is 11.3 Å². The number of benzene rings is 2. The molecule has 2 aromatic rings. The lowest BCUT2D eigenvalue weighted by Gasteiger charge is -2.32. The van der Waals surface area contributed by atoms with Gasteiger partial charge in [-0.05, 0) is 36.6 Å². The van der Waals surface area contributed by atoms with Crippen LogP contribution in [0.1, 0.15) is 24.0 Å². The van der Waals surface area contributed by atoms with Crippen LogP contribution in [0.15, 0.2) is 48.5 Å². The Hall–Kier alpha value is -3.04.